The Bertz CT molecular complexity index is 1760. The van der Waals surface area contributed by atoms with Crippen molar-refractivity contribution >= 4 is 44.5 Å². The van der Waals surface area contributed by atoms with E-state index in [2.05, 4.69) is 36.4 Å². The maximum atomic E-state index is 13.7. The minimum Gasteiger partial charge on any atom is -0.496 e. The van der Waals surface area contributed by atoms with Crippen LogP contribution in [0.1, 0.15) is 24.7 Å². The lowest BCUT2D eigenvalue weighted by molar-refractivity contribution is -0.143. The number of halogens is 2. The predicted octanol–water partition coefficient (Wildman–Crippen LogP) is 5.80. The van der Waals surface area contributed by atoms with Crippen LogP contribution in [0.15, 0.2) is 74.1 Å². The SMILES string of the molecule is COc1ccccc1-c1noc(C2CCN(C(=O)C(=O)Nc3ccc4oc(-c5cc(F)ccc5Br)nc4c3)CC2)n1. The summed E-state index contributed by atoms with van der Waals surface area (Å²) in [7, 11) is 1.58. The summed E-state index contributed by atoms with van der Waals surface area (Å²) in [6.45, 7) is 0.745. The number of oxazole rings is 1. The number of piperidine rings is 1. The molecule has 6 rings (SSSR count). The van der Waals surface area contributed by atoms with Crippen molar-refractivity contribution in [1.29, 1.82) is 0 Å². The minimum atomic E-state index is -0.754. The lowest BCUT2D eigenvalue weighted by Gasteiger charge is -2.29. The molecule has 0 radical (unpaired) electrons. The molecule has 5 aromatic rings. The molecule has 0 saturated carbocycles. The lowest BCUT2D eigenvalue weighted by atomic mass is 9.96. The highest BCUT2D eigenvalue weighted by Crippen LogP contribution is 2.33. The second-order valence-electron chi connectivity index (χ2n) is 9.50. The Morgan fingerprint density at radius 2 is 1.85 bits per heavy atom. The molecule has 3 aromatic carbocycles. The van der Waals surface area contributed by atoms with Crippen molar-refractivity contribution in [1.82, 2.24) is 20.0 Å². The van der Waals surface area contributed by atoms with Crippen LogP contribution in [0.3, 0.4) is 0 Å². The number of carbonyl (C=O) groups is 2. The third kappa shape index (κ3) is 5.42. The summed E-state index contributed by atoms with van der Waals surface area (Å²) in [6.07, 6.45) is 1.16. The van der Waals surface area contributed by atoms with Gasteiger partial charge in [-0.1, -0.05) is 17.3 Å². The van der Waals surface area contributed by atoms with E-state index < -0.39 is 17.6 Å². The number of likely N-dealkylation sites (tertiary alicyclic amines) is 1. The van der Waals surface area contributed by atoms with E-state index in [4.69, 9.17) is 13.7 Å². The van der Waals surface area contributed by atoms with Gasteiger partial charge >= 0.3 is 11.8 Å². The summed E-state index contributed by atoms with van der Waals surface area (Å²) in [5, 5.41) is 6.75. The number of hydrogen-bond acceptors (Lipinski definition) is 8. The molecule has 1 aliphatic rings. The van der Waals surface area contributed by atoms with Crippen LogP contribution >= 0.6 is 15.9 Å². The molecular formula is C29H23BrFN5O5. The van der Waals surface area contributed by atoms with Gasteiger partial charge in [0, 0.05) is 29.2 Å². The lowest BCUT2D eigenvalue weighted by Crippen LogP contribution is -2.43. The quantitative estimate of drug-likeness (QED) is 0.245. The molecule has 3 heterocycles. The van der Waals surface area contributed by atoms with Gasteiger partial charge in [-0.05, 0) is 77.3 Å². The smallest absolute Gasteiger partial charge is 0.313 e. The summed E-state index contributed by atoms with van der Waals surface area (Å²) < 4.78 is 31.0. The predicted molar refractivity (Wildman–Crippen MR) is 151 cm³/mol. The van der Waals surface area contributed by atoms with Crippen LogP contribution in [0.4, 0.5) is 10.1 Å². The van der Waals surface area contributed by atoms with Crippen LogP contribution in [-0.2, 0) is 9.59 Å². The average molecular weight is 620 g/mol. The minimum absolute atomic E-state index is 0.0278. The Balaban J connectivity index is 1.08. The summed E-state index contributed by atoms with van der Waals surface area (Å²) >= 11 is 3.38. The number of anilines is 1. The van der Waals surface area contributed by atoms with E-state index >= 15 is 0 Å². The second kappa shape index (κ2) is 11.1. The van der Waals surface area contributed by atoms with Crippen molar-refractivity contribution in [2.45, 2.75) is 18.8 Å². The van der Waals surface area contributed by atoms with Crippen molar-refractivity contribution in [3.05, 3.63) is 76.8 Å². The zero-order valence-corrected chi connectivity index (χ0v) is 23.4. The fraction of sp³-hybridized carbons (Fsp3) is 0.207. The molecule has 12 heteroatoms. The van der Waals surface area contributed by atoms with Crippen molar-refractivity contribution < 1.29 is 27.7 Å². The fourth-order valence-corrected chi connectivity index (χ4v) is 5.20. The number of para-hydroxylation sites is 1. The summed E-state index contributed by atoms with van der Waals surface area (Å²) in [5.74, 6) is -0.0261. The van der Waals surface area contributed by atoms with Crippen LogP contribution in [0.2, 0.25) is 0 Å². The van der Waals surface area contributed by atoms with E-state index in [1.165, 1.54) is 17.0 Å². The topological polar surface area (TPSA) is 124 Å². The van der Waals surface area contributed by atoms with E-state index in [-0.39, 0.29) is 11.8 Å². The van der Waals surface area contributed by atoms with Crippen molar-refractivity contribution in [3.63, 3.8) is 0 Å². The highest BCUT2D eigenvalue weighted by Gasteiger charge is 2.30. The van der Waals surface area contributed by atoms with Crippen LogP contribution in [-0.4, -0.2) is 52.0 Å². The third-order valence-corrected chi connectivity index (χ3v) is 7.61. The molecule has 0 bridgehead atoms. The maximum Gasteiger partial charge on any atom is 0.313 e. The number of fused-ring (bicyclic) bond motifs is 1. The second-order valence-corrected chi connectivity index (χ2v) is 10.4. The maximum absolute atomic E-state index is 13.7. The van der Waals surface area contributed by atoms with Gasteiger partial charge in [0.05, 0.1) is 18.2 Å². The molecule has 208 valence electrons. The number of aromatic nitrogens is 3. The first-order valence-electron chi connectivity index (χ1n) is 12.8. The summed E-state index contributed by atoms with van der Waals surface area (Å²) in [5.41, 5.74) is 2.49. The Morgan fingerprint density at radius 3 is 2.66 bits per heavy atom. The average Bonchev–Trinajstić information content (AvgIpc) is 3.65. The van der Waals surface area contributed by atoms with Crippen LogP contribution in [0.25, 0.3) is 33.9 Å². The molecule has 1 N–H and O–H groups in total. The number of methoxy groups -OCH3 is 1. The number of ether oxygens (including phenoxy) is 1. The zero-order valence-electron chi connectivity index (χ0n) is 21.8. The van der Waals surface area contributed by atoms with Gasteiger partial charge in [-0.2, -0.15) is 4.98 Å². The first kappa shape index (κ1) is 26.6. The zero-order chi connectivity index (χ0) is 28.5. The normalized spacial score (nSPS) is 13.9. The monoisotopic (exact) mass is 619 g/mol. The van der Waals surface area contributed by atoms with E-state index in [0.29, 0.717) is 70.2 Å². The summed E-state index contributed by atoms with van der Waals surface area (Å²) in [4.78, 5) is 36.2. The third-order valence-electron chi connectivity index (χ3n) is 6.92. The molecule has 41 heavy (non-hydrogen) atoms. The van der Waals surface area contributed by atoms with Crippen LogP contribution in [0.5, 0.6) is 5.75 Å². The Labute approximate surface area is 241 Å². The number of carbonyl (C=O) groups excluding carboxylic acids is 2. The van der Waals surface area contributed by atoms with Gasteiger partial charge in [-0.3, -0.25) is 9.59 Å². The largest absolute Gasteiger partial charge is 0.496 e. The number of nitrogens with one attached hydrogen (secondary N) is 1. The first-order chi connectivity index (χ1) is 19.9. The molecule has 0 unspecified atom stereocenters. The van der Waals surface area contributed by atoms with E-state index in [1.807, 2.05) is 24.3 Å². The first-order valence-corrected chi connectivity index (χ1v) is 13.6. The van der Waals surface area contributed by atoms with Gasteiger partial charge in [0.25, 0.3) is 0 Å². The van der Waals surface area contributed by atoms with Crippen molar-refractivity contribution in [2.75, 3.05) is 25.5 Å². The molecule has 0 aliphatic carbocycles. The number of nitrogens with zero attached hydrogens (tertiary/aromatic N) is 4. The molecule has 2 amide bonds. The van der Waals surface area contributed by atoms with Crippen LogP contribution in [0, 0.1) is 5.82 Å². The molecule has 1 aliphatic heterocycles. The van der Waals surface area contributed by atoms with Gasteiger partial charge in [0.1, 0.15) is 17.1 Å². The number of hydrogen-bond donors (Lipinski definition) is 1. The number of amides is 2. The van der Waals surface area contributed by atoms with Gasteiger partial charge in [0.15, 0.2) is 5.58 Å². The molecule has 1 fully saturated rings. The standard InChI is InChI=1S/C29H23BrFN5O5/c1-39-23-5-3-2-4-19(23)25-34-27(41-35-25)16-10-12-36(13-11-16)29(38)26(37)32-18-7-9-24-22(15-18)33-28(40-24)20-14-17(31)6-8-21(20)30/h2-9,14-16H,10-13H2,1H3,(H,32,37). The molecule has 1 saturated heterocycles. The molecule has 2 aromatic heterocycles. The fourth-order valence-electron chi connectivity index (χ4n) is 4.78. The molecule has 10 nitrogen and oxygen atoms in total. The van der Waals surface area contributed by atoms with E-state index in [9.17, 15) is 14.0 Å². The Hall–Kier alpha value is -4.58. The van der Waals surface area contributed by atoms with Gasteiger partial charge in [-0.15, -0.1) is 0 Å². The van der Waals surface area contributed by atoms with E-state index in [1.54, 1.807) is 31.4 Å². The molecule has 0 atom stereocenters. The summed E-state index contributed by atoms with van der Waals surface area (Å²) in [6, 6.07) is 16.5. The van der Waals surface area contributed by atoms with Crippen molar-refractivity contribution in [2.24, 2.45) is 0 Å². The highest BCUT2D eigenvalue weighted by molar-refractivity contribution is 9.10. The van der Waals surface area contributed by atoms with Crippen LogP contribution < -0.4 is 10.1 Å². The Kier molecular flexibility index (Phi) is 7.23. The molecular weight excluding hydrogens is 597 g/mol. The highest BCUT2D eigenvalue weighted by atomic mass is 79.9. The molecule has 0 spiro atoms. The van der Waals surface area contributed by atoms with Gasteiger partial charge < -0.3 is 23.9 Å². The van der Waals surface area contributed by atoms with E-state index in [0.717, 1.165) is 5.56 Å². The van der Waals surface area contributed by atoms with Gasteiger partial charge in [-0.25, -0.2) is 9.37 Å². The van der Waals surface area contributed by atoms with Gasteiger partial charge in [0.2, 0.25) is 17.6 Å². The number of benzene rings is 3. The van der Waals surface area contributed by atoms with Crippen molar-refractivity contribution in [3.8, 4) is 28.6 Å². The Morgan fingerprint density at radius 1 is 1.05 bits per heavy atom. The number of rotatable bonds is 5.